The molecule has 0 heterocycles. The van der Waals surface area contributed by atoms with E-state index >= 15 is 0 Å². The van der Waals surface area contributed by atoms with Crippen LogP contribution in [0, 0.1) is 0 Å². The largest absolute Gasteiger partial charge is 0.377 e. The molecule has 112 valence electrons. The average Bonchev–Trinajstić information content (AvgIpc) is 2.42. The highest BCUT2D eigenvalue weighted by Crippen LogP contribution is 2.29. The first-order chi connectivity index (χ1) is 9.85. The van der Waals surface area contributed by atoms with Gasteiger partial charge in [0.2, 0.25) is 10.0 Å². The van der Waals surface area contributed by atoms with Gasteiger partial charge in [0, 0.05) is 6.04 Å². The summed E-state index contributed by atoms with van der Waals surface area (Å²) in [5.74, 6) is 0. The molecule has 0 saturated heterocycles. The molecule has 1 unspecified atom stereocenters. The molecule has 0 bridgehead atoms. The number of benzene rings is 2. The van der Waals surface area contributed by atoms with Crippen molar-refractivity contribution in [1.29, 1.82) is 0 Å². The second kappa shape index (κ2) is 6.37. The molecule has 2 N–H and O–H groups in total. The predicted octanol–water partition coefficient (Wildman–Crippen LogP) is 3.88. The summed E-state index contributed by atoms with van der Waals surface area (Å²) in [6.45, 7) is 2.02. The van der Waals surface area contributed by atoms with Gasteiger partial charge < -0.3 is 5.32 Å². The van der Waals surface area contributed by atoms with Crippen LogP contribution in [0.25, 0.3) is 0 Å². The zero-order valence-corrected chi connectivity index (χ0v) is 13.4. The SMILES string of the molecule is CC(Nc1cc(NS(C)(=O)=O)ccc1Cl)c1ccccc1. The second-order valence-electron chi connectivity index (χ2n) is 4.85. The Hall–Kier alpha value is -1.72. The van der Waals surface area contributed by atoms with Crippen molar-refractivity contribution in [3.05, 3.63) is 59.1 Å². The zero-order valence-electron chi connectivity index (χ0n) is 11.8. The normalized spacial score (nSPS) is 12.7. The van der Waals surface area contributed by atoms with Crippen molar-refractivity contribution in [2.24, 2.45) is 0 Å². The topological polar surface area (TPSA) is 58.2 Å². The van der Waals surface area contributed by atoms with Gasteiger partial charge in [-0.05, 0) is 30.7 Å². The fraction of sp³-hybridized carbons (Fsp3) is 0.200. The highest BCUT2D eigenvalue weighted by atomic mass is 35.5. The molecular weight excluding hydrogens is 308 g/mol. The van der Waals surface area contributed by atoms with Gasteiger partial charge in [0.1, 0.15) is 0 Å². The van der Waals surface area contributed by atoms with Crippen LogP contribution in [0.15, 0.2) is 48.5 Å². The van der Waals surface area contributed by atoms with Crippen molar-refractivity contribution in [3.63, 3.8) is 0 Å². The maximum atomic E-state index is 11.3. The molecule has 2 rings (SSSR count). The van der Waals surface area contributed by atoms with E-state index in [9.17, 15) is 8.42 Å². The first kappa shape index (κ1) is 15.7. The Morgan fingerprint density at radius 2 is 1.76 bits per heavy atom. The first-order valence-electron chi connectivity index (χ1n) is 6.44. The third kappa shape index (κ3) is 4.65. The summed E-state index contributed by atoms with van der Waals surface area (Å²) in [5, 5.41) is 3.82. The summed E-state index contributed by atoms with van der Waals surface area (Å²) in [7, 11) is -3.31. The van der Waals surface area contributed by atoms with E-state index in [2.05, 4.69) is 10.0 Å². The summed E-state index contributed by atoms with van der Waals surface area (Å²) in [4.78, 5) is 0. The van der Waals surface area contributed by atoms with Crippen LogP contribution in [0.4, 0.5) is 11.4 Å². The minimum absolute atomic E-state index is 0.0529. The maximum absolute atomic E-state index is 11.3. The molecule has 0 aliphatic rings. The molecule has 0 aromatic heterocycles. The molecule has 4 nitrogen and oxygen atoms in total. The van der Waals surface area contributed by atoms with Crippen LogP contribution in [0.3, 0.4) is 0 Å². The summed E-state index contributed by atoms with van der Waals surface area (Å²) in [6, 6.07) is 15.0. The van der Waals surface area contributed by atoms with Gasteiger partial charge in [-0.2, -0.15) is 0 Å². The second-order valence-corrected chi connectivity index (χ2v) is 7.00. The van der Waals surface area contributed by atoms with E-state index in [1.165, 1.54) is 0 Å². The monoisotopic (exact) mass is 324 g/mol. The number of sulfonamides is 1. The van der Waals surface area contributed by atoms with Crippen LogP contribution in [0.2, 0.25) is 5.02 Å². The Morgan fingerprint density at radius 1 is 1.10 bits per heavy atom. The third-order valence-corrected chi connectivity index (χ3v) is 3.88. The highest BCUT2D eigenvalue weighted by Gasteiger charge is 2.09. The molecule has 0 spiro atoms. The van der Waals surface area contributed by atoms with Gasteiger partial charge in [0.15, 0.2) is 0 Å². The molecule has 0 radical (unpaired) electrons. The fourth-order valence-corrected chi connectivity index (χ4v) is 2.70. The maximum Gasteiger partial charge on any atom is 0.229 e. The fourth-order valence-electron chi connectivity index (χ4n) is 1.97. The summed E-state index contributed by atoms with van der Waals surface area (Å²) in [6.07, 6.45) is 1.11. The Bertz CT molecular complexity index is 718. The van der Waals surface area contributed by atoms with Gasteiger partial charge in [-0.15, -0.1) is 0 Å². The Labute approximate surface area is 130 Å². The van der Waals surface area contributed by atoms with Gasteiger partial charge in [0.05, 0.1) is 22.7 Å². The molecule has 21 heavy (non-hydrogen) atoms. The Kier molecular flexibility index (Phi) is 4.75. The van der Waals surface area contributed by atoms with E-state index in [4.69, 9.17) is 11.6 Å². The molecule has 1 atom stereocenters. The van der Waals surface area contributed by atoms with E-state index in [1.807, 2.05) is 37.3 Å². The standard InChI is InChI=1S/C15H17ClN2O2S/c1-11(12-6-4-3-5-7-12)17-15-10-13(8-9-14(15)16)18-21(2,19)20/h3-11,17-18H,1-2H3. The van der Waals surface area contributed by atoms with E-state index < -0.39 is 10.0 Å². The Balaban J connectivity index is 2.21. The van der Waals surface area contributed by atoms with Gasteiger partial charge in [-0.25, -0.2) is 8.42 Å². The van der Waals surface area contributed by atoms with Crippen molar-refractivity contribution in [2.75, 3.05) is 16.3 Å². The van der Waals surface area contributed by atoms with Crippen molar-refractivity contribution >= 4 is 33.0 Å². The summed E-state index contributed by atoms with van der Waals surface area (Å²) in [5.41, 5.74) is 2.28. The third-order valence-electron chi connectivity index (χ3n) is 2.94. The van der Waals surface area contributed by atoms with Gasteiger partial charge in [-0.3, -0.25) is 4.72 Å². The molecule has 2 aromatic carbocycles. The smallest absolute Gasteiger partial charge is 0.229 e. The van der Waals surface area contributed by atoms with Crippen LogP contribution in [-0.4, -0.2) is 14.7 Å². The number of hydrogen-bond donors (Lipinski definition) is 2. The van der Waals surface area contributed by atoms with E-state index in [0.717, 1.165) is 11.8 Å². The Morgan fingerprint density at radius 3 is 2.38 bits per heavy atom. The summed E-state index contributed by atoms with van der Waals surface area (Å²) >= 11 is 6.16. The minimum atomic E-state index is -3.31. The quantitative estimate of drug-likeness (QED) is 0.877. The summed E-state index contributed by atoms with van der Waals surface area (Å²) < 4.78 is 25.0. The lowest BCUT2D eigenvalue weighted by Crippen LogP contribution is -2.11. The van der Waals surface area contributed by atoms with Gasteiger partial charge in [-0.1, -0.05) is 41.9 Å². The lowest BCUT2D eigenvalue weighted by atomic mass is 10.1. The zero-order chi connectivity index (χ0) is 15.5. The molecule has 0 amide bonds. The van der Waals surface area contributed by atoms with E-state index in [0.29, 0.717) is 16.4 Å². The van der Waals surface area contributed by atoms with Crippen LogP contribution >= 0.6 is 11.6 Å². The molecule has 0 saturated carbocycles. The van der Waals surface area contributed by atoms with Crippen molar-refractivity contribution < 1.29 is 8.42 Å². The number of hydrogen-bond acceptors (Lipinski definition) is 3. The lowest BCUT2D eigenvalue weighted by molar-refractivity contribution is 0.607. The number of rotatable bonds is 5. The van der Waals surface area contributed by atoms with Crippen LogP contribution in [0.5, 0.6) is 0 Å². The van der Waals surface area contributed by atoms with Crippen molar-refractivity contribution in [2.45, 2.75) is 13.0 Å². The number of anilines is 2. The van der Waals surface area contributed by atoms with E-state index in [-0.39, 0.29) is 6.04 Å². The molecular formula is C15H17ClN2O2S. The molecule has 0 aliphatic carbocycles. The van der Waals surface area contributed by atoms with Gasteiger partial charge >= 0.3 is 0 Å². The molecule has 0 aliphatic heterocycles. The van der Waals surface area contributed by atoms with Gasteiger partial charge in [0.25, 0.3) is 0 Å². The predicted molar refractivity (Wildman–Crippen MR) is 88.4 cm³/mol. The molecule has 6 heteroatoms. The lowest BCUT2D eigenvalue weighted by Gasteiger charge is -2.17. The van der Waals surface area contributed by atoms with Crippen LogP contribution in [0.1, 0.15) is 18.5 Å². The van der Waals surface area contributed by atoms with E-state index in [1.54, 1.807) is 18.2 Å². The highest BCUT2D eigenvalue weighted by molar-refractivity contribution is 7.92. The number of nitrogens with one attached hydrogen (secondary N) is 2. The first-order valence-corrected chi connectivity index (χ1v) is 8.71. The van der Waals surface area contributed by atoms with Crippen molar-refractivity contribution in [3.8, 4) is 0 Å². The average molecular weight is 325 g/mol. The molecule has 2 aromatic rings. The number of halogens is 1. The van der Waals surface area contributed by atoms with Crippen LogP contribution < -0.4 is 10.0 Å². The molecule has 0 fully saturated rings. The minimum Gasteiger partial charge on any atom is -0.377 e. The van der Waals surface area contributed by atoms with Crippen molar-refractivity contribution in [1.82, 2.24) is 0 Å². The van der Waals surface area contributed by atoms with Crippen LogP contribution in [-0.2, 0) is 10.0 Å².